The van der Waals surface area contributed by atoms with Crippen LogP contribution in [0.3, 0.4) is 0 Å². The van der Waals surface area contributed by atoms with Gasteiger partial charge in [0.2, 0.25) is 0 Å². The van der Waals surface area contributed by atoms with Crippen LogP contribution in [0.4, 0.5) is 4.79 Å². The van der Waals surface area contributed by atoms with Crippen molar-refractivity contribution in [2.24, 2.45) is 0 Å². The number of rotatable bonds is 3. The third kappa shape index (κ3) is 3.20. The summed E-state index contributed by atoms with van der Waals surface area (Å²) >= 11 is 0. The van der Waals surface area contributed by atoms with E-state index in [-0.39, 0.29) is 17.2 Å². The molecule has 4 nitrogen and oxygen atoms in total. The van der Waals surface area contributed by atoms with Crippen molar-refractivity contribution in [3.63, 3.8) is 0 Å². The van der Waals surface area contributed by atoms with Gasteiger partial charge >= 0.3 is 6.09 Å². The van der Waals surface area contributed by atoms with Crippen molar-refractivity contribution in [2.45, 2.75) is 45.0 Å². The van der Waals surface area contributed by atoms with Crippen molar-refractivity contribution in [1.29, 1.82) is 0 Å². The molecule has 88 valence electrons. The molecule has 0 aromatic carbocycles. The predicted octanol–water partition coefficient (Wildman–Crippen LogP) is 2.12. The van der Waals surface area contributed by atoms with Crippen LogP contribution in [-0.4, -0.2) is 33.7 Å². The van der Waals surface area contributed by atoms with Gasteiger partial charge in [-0.15, -0.1) is 0 Å². The molecule has 0 aromatic heterocycles. The van der Waals surface area contributed by atoms with Crippen molar-refractivity contribution in [3.05, 3.63) is 0 Å². The van der Waals surface area contributed by atoms with E-state index in [1.165, 1.54) is 0 Å². The molecular weight excluding hydrogens is 210 g/mol. The van der Waals surface area contributed by atoms with Crippen LogP contribution in [0.25, 0.3) is 0 Å². The van der Waals surface area contributed by atoms with E-state index in [4.69, 9.17) is 9.16 Å². The van der Waals surface area contributed by atoms with E-state index < -0.39 is 8.32 Å². The van der Waals surface area contributed by atoms with Crippen LogP contribution in [0, 0.1) is 0 Å². The average Bonchev–Trinajstić information content (AvgIpc) is 2.46. The number of nitrogens with one attached hydrogen (secondary N) is 1. The molecule has 0 unspecified atom stereocenters. The summed E-state index contributed by atoms with van der Waals surface area (Å²) in [6.45, 7) is 12.0. The molecule has 0 radical (unpaired) electrons. The minimum Gasteiger partial charge on any atom is -0.442 e. The number of carbonyl (C=O) groups excluding carboxylic acids is 1. The molecule has 1 fully saturated rings. The average molecular weight is 231 g/mol. The van der Waals surface area contributed by atoms with Gasteiger partial charge in [0, 0.05) is 0 Å². The van der Waals surface area contributed by atoms with Crippen LogP contribution in [0.15, 0.2) is 0 Å². The monoisotopic (exact) mass is 231 g/mol. The Bertz CT molecular complexity index is 248. The molecular formula is C10H21NO3Si. The Morgan fingerprint density at radius 2 is 2.13 bits per heavy atom. The maximum absolute atomic E-state index is 10.8. The fourth-order valence-electron chi connectivity index (χ4n) is 1.04. The first kappa shape index (κ1) is 12.5. The highest BCUT2D eigenvalue weighted by Gasteiger charge is 2.38. The van der Waals surface area contributed by atoms with E-state index >= 15 is 0 Å². The number of hydrogen-bond acceptors (Lipinski definition) is 3. The second-order valence-electron chi connectivity index (χ2n) is 5.48. The van der Waals surface area contributed by atoms with Gasteiger partial charge in [-0.2, -0.15) is 0 Å². The summed E-state index contributed by atoms with van der Waals surface area (Å²) in [5.41, 5.74) is 0. The molecule has 0 aliphatic carbocycles. The van der Waals surface area contributed by atoms with E-state index in [1.54, 1.807) is 0 Å². The molecule has 1 atom stereocenters. The Morgan fingerprint density at radius 1 is 1.53 bits per heavy atom. The van der Waals surface area contributed by atoms with Crippen LogP contribution in [0.1, 0.15) is 20.8 Å². The zero-order valence-electron chi connectivity index (χ0n) is 10.2. The van der Waals surface area contributed by atoms with E-state index in [9.17, 15) is 4.79 Å². The molecule has 5 heteroatoms. The largest absolute Gasteiger partial charge is 0.442 e. The van der Waals surface area contributed by atoms with Crippen molar-refractivity contribution in [3.8, 4) is 0 Å². The Balaban J connectivity index is 2.40. The fraction of sp³-hybridized carbons (Fsp3) is 0.900. The van der Waals surface area contributed by atoms with Gasteiger partial charge in [0.15, 0.2) is 8.32 Å². The quantitative estimate of drug-likeness (QED) is 0.757. The Labute approximate surface area is 92.5 Å². The molecule has 0 bridgehead atoms. The number of ether oxygens (including phenoxy) is 1. The lowest BCUT2D eigenvalue weighted by atomic mass is 10.2. The van der Waals surface area contributed by atoms with Gasteiger partial charge in [-0.3, -0.25) is 0 Å². The van der Waals surface area contributed by atoms with Gasteiger partial charge in [0.1, 0.15) is 6.10 Å². The van der Waals surface area contributed by atoms with Gasteiger partial charge in [-0.05, 0) is 18.1 Å². The highest BCUT2D eigenvalue weighted by molar-refractivity contribution is 6.74. The van der Waals surface area contributed by atoms with E-state index in [2.05, 4.69) is 39.2 Å². The number of amides is 1. The molecule has 1 rings (SSSR count). The Morgan fingerprint density at radius 3 is 2.53 bits per heavy atom. The molecule has 0 spiro atoms. The van der Waals surface area contributed by atoms with Crippen molar-refractivity contribution < 1.29 is 14.0 Å². The summed E-state index contributed by atoms with van der Waals surface area (Å²) in [5, 5.41) is 2.82. The lowest BCUT2D eigenvalue weighted by molar-refractivity contribution is 0.0994. The van der Waals surface area contributed by atoms with Crippen LogP contribution < -0.4 is 5.32 Å². The lowest BCUT2D eigenvalue weighted by Gasteiger charge is -2.36. The number of carbonyl (C=O) groups is 1. The summed E-state index contributed by atoms with van der Waals surface area (Å²) in [6, 6.07) is 0. The molecule has 0 saturated carbocycles. The van der Waals surface area contributed by atoms with E-state index in [1.807, 2.05) is 0 Å². The van der Waals surface area contributed by atoms with Gasteiger partial charge in [0.25, 0.3) is 0 Å². The second kappa shape index (κ2) is 4.13. The number of alkyl carbamates (subject to hydrolysis) is 1. The molecule has 1 N–H and O–H groups in total. The summed E-state index contributed by atoms with van der Waals surface area (Å²) in [7, 11) is -1.71. The normalized spacial score (nSPS) is 22.5. The molecule has 1 heterocycles. The van der Waals surface area contributed by atoms with Gasteiger partial charge in [-0.25, -0.2) is 4.79 Å². The number of cyclic esters (lactones) is 1. The fourth-order valence-corrected chi connectivity index (χ4v) is 2.08. The summed E-state index contributed by atoms with van der Waals surface area (Å²) in [4.78, 5) is 10.8. The minimum absolute atomic E-state index is 0.119. The van der Waals surface area contributed by atoms with Gasteiger partial charge in [-0.1, -0.05) is 20.8 Å². The smallest absolute Gasteiger partial charge is 0.407 e. The maximum Gasteiger partial charge on any atom is 0.407 e. The Kier molecular flexibility index (Phi) is 3.45. The first-order valence-electron chi connectivity index (χ1n) is 5.31. The molecule has 1 aliphatic rings. The van der Waals surface area contributed by atoms with E-state index in [0.29, 0.717) is 13.2 Å². The standard InChI is InChI=1S/C10H21NO3Si/c1-10(2,3)15(4,5)13-7-8-6-11-9(12)14-8/h8H,6-7H2,1-5H3,(H,11,12)/t8-/m1/s1. The third-order valence-electron chi connectivity index (χ3n) is 3.18. The topological polar surface area (TPSA) is 47.6 Å². The van der Waals surface area contributed by atoms with Gasteiger partial charge in [0.05, 0.1) is 13.2 Å². The van der Waals surface area contributed by atoms with Crippen LogP contribution in [0.2, 0.25) is 18.1 Å². The summed E-state index contributed by atoms with van der Waals surface area (Å²) < 4.78 is 11.0. The van der Waals surface area contributed by atoms with Crippen LogP contribution in [-0.2, 0) is 9.16 Å². The maximum atomic E-state index is 10.8. The molecule has 1 amide bonds. The first-order chi connectivity index (χ1) is 6.72. The highest BCUT2D eigenvalue weighted by Crippen LogP contribution is 2.36. The van der Waals surface area contributed by atoms with Gasteiger partial charge < -0.3 is 14.5 Å². The summed E-state index contributed by atoms with van der Waals surface area (Å²) in [5.74, 6) is 0. The van der Waals surface area contributed by atoms with E-state index in [0.717, 1.165) is 0 Å². The molecule has 0 aromatic rings. The second-order valence-corrected chi connectivity index (χ2v) is 10.3. The first-order valence-corrected chi connectivity index (χ1v) is 8.22. The van der Waals surface area contributed by atoms with Crippen molar-refractivity contribution in [1.82, 2.24) is 5.32 Å². The highest BCUT2D eigenvalue weighted by atomic mass is 28.4. The third-order valence-corrected chi connectivity index (χ3v) is 7.68. The lowest BCUT2D eigenvalue weighted by Crippen LogP contribution is -2.43. The molecule has 1 saturated heterocycles. The molecule has 1 aliphatic heterocycles. The minimum atomic E-state index is -1.71. The zero-order chi connectivity index (χ0) is 11.7. The van der Waals surface area contributed by atoms with Crippen LogP contribution in [0.5, 0.6) is 0 Å². The zero-order valence-corrected chi connectivity index (χ0v) is 11.2. The van der Waals surface area contributed by atoms with Crippen molar-refractivity contribution in [2.75, 3.05) is 13.2 Å². The Hall–Kier alpha value is -0.553. The van der Waals surface area contributed by atoms with Crippen molar-refractivity contribution >= 4 is 14.4 Å². The summed E-state index contributed by atoms with van der Waals surface area (Å²) in [6.07, 6.45) is -0.453. The van der Waals surface area contributed by atoms with Crippen LogP contribution >= 0.6 is 0 Å². The SMILES string of the molecule is CC(C)(C)[Si](C)(C)OC[C@H]1CNC(=O)O1. The predicted molar refractivity (Wildman–Crippen MR) is 61.4 cm³/mol. The number of hydrogen-bond donors (Lipinski definition) is 1. The molecule has 15 heavy (non-hydrogen) atoms.